The molecule has 0 radical (unpaired) electrons. The summed E-state index contributed by atoms with van der Waals surface area (Å²) in [4.78, 5) is 22.0. The summed E-state index contributed by atoms with van der Waals surface area (Å²) >= 11 is 0. The van der Waals surface area contributed by atoms with Gasteiger partial charge in [-0.05, 0) is 19.3 Å². The van der Waals surface area contributed by atoms with Crippen LogP contribution in [0.15, 0.2) is 12.3 Å². The summed E-state index contributed by atoms with van der Waals surface area (Å²) < 4.78 is 1.44. The Morgan fingerprint density at radius 2 is 2.33 bits per heavy atom. The van der Waals surface area contributed by atoms with Gasteiger partial charge in [-0.25, -0.2) is 0 Å². The minimum Gasteiger partial charge on any atom is -0.349 e. The van der Waals surface area contributed by atoms with E-state index in [0.29, 0.717) is 6.54 Å². The van der Waals surface area contributed by atoms with E-state index in [-0.39, 0.29) is 22.8 Å². The number of amides is 1. The molecule has 1 fully saturated rings. The molecular weight excluding hydrogens is 236 g/mol. The quantitative estimate of drug-likeness (QED) is 0.603. The number of rotatable bonds is 4. The molecule has 0 aromatic carbocycles. The van der Waals surface area contributed by atoms with Crippen LogP contribution in [0.2, 0.25) is 0 Å². The van der Waals surface area contributed by atoms with Crippen molar-refractivity contribution < 1.29 is 9.72 Å². The third kappa shape index (κ3) is 2.35. The van der Waals surface area contributed by atoms with Crippen LogP contribution >= 0.6 is 0 Å². The van der Waals surface area contributed by atoms with Crippen LogP contribution in [0.25, 0.3) is 0 Å². The highest BCUT2D eigenvalue weighted by molar-refractivity contribution is 5.93. The number of carbonyl (C=O) groups is 1. The van der Waals surface area contributed by atoms with Gasteiger partial charge in [0.05, 0.1) is 11.1 Å². The second-order valence-electron chi connectivity index (χ2n) is 4.85. The maximum atomic E-state index is 11.9. The topological polar surface area (TPSA) is 103 Å². The summed E-state index contributed by atoms with van der Waals surface area (Å²) in [5.74, 6) is -0.331. The number of nitrogens with one attached hydrogen (secondary N) is 1. The maximum absolute atomic E-state index is 11.9. The molecule has 0 saturated heterocycles. The van der Waals surface area contributed by atoms with E-state index in [9.17, 15) is 14.9 Å². The van der Waals surface area contributed by atoms with Crippen LogP contribution in [0, 0.1) is 10.1 Å². The van der Waals surface area contributed by atoms with Crippen molar-refractivity contribution >= 4 is 11.6 Å². The number of aromatic nitrogens is 1. The number of aryl methyl sites for hydroxylation is 1. The molecule has 0 aliphatic heterocycles. The first kappa shape index (κ1) is 12.6. The van der Waals surface area contributed by atoms with Crippen LogP contribution in [0.5, 0.6) is 0 Å². The number of nitrogens with zero attached hydrogens (tertiary/aromatic N) is 2. The predicted octanol–water partition coefficient (Wildman–Crippen LogP) is 0.544. The monoisotopic (exact) mass is 252 g/mol. The number of nitrogens with two attached hydrogens (primary N) is 1. The zero-order valence-corrected chi connectivity index (χ0v) is 10.2. The molecule has 0 bridgehead atoms. The van der Waals surface area contributed by atoms with E-state index >= 15 is 0 Å². The van der Waals surface area contributed by atoms with E-state index in [2.05, 4.69) is 5.32 Å². The van der Waals surface area contributed by atoms with Crippen molar-refractivity contribution in [3.05, 3.63) is 28.1 Å². The Morgan fingerprint density at radius 3 is 2.78 bits per heavy atom. The molecule has 7 nitrogen and oxygen atoms in total. The van der Waals surface area contributed by atoms with Crippen LogP contribution < -0.4 is 11.1 Å². The Labute approximate surface area is 104 Å². The summed E-state index contributed by atoms with van der Waals surface area (Å²) in [5.41, 5.74) is 5.87. The highest BCUT2D eigenvalue weighted by Gasteiger charge is 2.33. The second kappa shape index (κ2) is 4.41. The molecule has 1 amide bonds. The highest BCUT2D eigenvalue weighted by atomic mass is 16.6. The van der Waals surface area contributed by atoms with Gasteiger partial charge in [0, 0.05) is 25.2 Å². The first-order chi connectivity index (χ1) is 8.41. The van der Waals surface area contributed by atoms with Crippen LogP contribution in [-0.2, 0) is 7.05 Å². The van der Waals surface area contributed by atoms with Crippen LogP contribution in [0.4, 0.5) is 5.69 Å². The fourth-order valence-corrected chi connectivity index (χ4v) is 2.03. The summed E-state index contributed by atoms with van der Waals surface area (Å²) in [6.45, 7) is 0.408. The van der Waals surface area contributed by atoms with Gasteiger partial charge < -0.3 is 15.6 Å². The zero-order chi connectivity index (χ0) is 13.3. The summed E-state index contributed by atoms with van der Waals surface area (Å²) in [6, 6.07) is 1.26. The second-order valence-corrected chi connectivity index (χ2v) is 4.85. The van der Waals surface area contributed by atoms with Crippen molar-refractivity contribution in [1.82, 2.24) is 9.88 Å². The van der Waals surface area contributed by atoms with Crippen LogP contribution in [0.3, 0.4) is 0 Å². The first-order valence-electron chi connectivity index (χ1n) is 5.79. The van der Waals surface area contributed by atoms with E-state index in [1.807, 2.05) is 0 Å². The fraction of sp³-hybridized carbons (Fsp3) is 0.545. The fourth-order valence-electron chi connectivity index (χ4n) is 2.03. The summed E-state index contributed by atoms with van der Waals surface area (Å²) in [7, 11) is 1.60. The molecule has 1 aromatic heterocycles. The molecule has 0 spiro atoms. The standard InChI is InChI=1S/C11H16N4O3/c1-14-6-8(15(17)18)5-9(14)10(16)13-7-11(12)3-2-4-11/h5-6H,2-4,7,12H2,1H3,(H,13,16). The minimum atomic E-state index is -0.521. The van der Waals surface area contributed by atoms with Crippen LogP contribution in [0.1, 0.15) is 29.8 Å². The molecule has 1 aliphatic carbocycles. The Balaban J connectivity index is 2.02. The molecule has 7 heteroatoms. The normalized spacial score (nSPS) is 17.0. The maximum Gasteiger partial charge on any atom is 0.287 e. The average Bonchev–Trinajstić information content (AvgIpc) is 2.66. The molecule has 2 rings (SSSR count). The van der Waals surface area contributed by atoms with Gasteiger partial charge in [0.1, 0.15) is 5.69 Å². The molecule has 1 aromatic rings. The van der Waals surface area contributed by atoms with Crippen molar-refractivity contribution in [3.63, 3.8) is 0 Å². The molecule has 3 N–H and O–H groups in total. The third-order valence-corrected chi connectivity index (χ3v) is 3.38. The molecular formula is C11H16N4O3. The van der Waals surface area contributed by atoms with Gasteiger partial charge in [0.15, 0.2) is 0 Å². The lowest BCUT2D eigenvalue weighted by molar-refractivity contribution is -0.384. The molecule has 1 heterocycles. The van der Waals surface area contributed by atoms with Gasteiger partial charge in [-0.3, -0.25) is 14.9 Å². The third-order valence-electron chi connectivity index (χ3n) is 3.38. The Bertz CT molecular complexity index is 490. The first-order valence-corrected chi connectivity index (χ1v) is 5.79. The van der Waals surface area contributed by atoms with E-state index in [4.69, 9.17) is 5.73 Å². The highest BCUT2D eigenvalue weighted by Crippen LogP contribution is 2.28. The SMILES string of the molecule is Cn1cc([N+](=O)[O-])cc1C(=O)NCC1(N)CCC1. The molecule has 98 valence electrons. The van der Waals surface area contributed by atoms with Gasteiger partial charge in [-0.15, -0.1) is 0 Å². The van der Waals surface area contributed by atoms with Gasteiger partial charge in [0.25, 0.3) is 11.6 Å². The van der Waals surface area contributed by atoms with Crippen molar-refractivity contribution in [3.8, 4) is 0 Å². The van der Waals surface area contributed by atoms with Crippen molar-refractivity contribution in [1.29, 1.82) is 0 Å². The van der Waals surface area contributed by atoms with Gasteiger partial charge in [-0.1, -0.05) is 0 Å². The molecule has 1 aliphatic rings. The predicted molar refractivity (Wildman–Crippen MR) is 65.2 cm³/mol. The van der Waals surface area contributed by atoms with Gasteiger partial charge >= 0.3 is 0 Å². The van der Waals surface area contributed by atoms with E-state index in [0.717, 1.165) is 19.3 Å². The lowest BCUT2D eigenvalue weighted by Gasteiger charge is -2.38. The van der Waals surface area contributed by atoms with E-state index in [1.165, 1.54) is 16.8 Å². The number of hydrogen-bond donors (Lipinski definition) is 2. The lowest BCUT2D eigenvalue weighted by atomic mass is 9.78. The smallest absolute Gasteiger partial charge is 0.287 e. The van der Waals surface area contributed by atoms with Crippen molar-refractivity contribution in [2.45, 2.75) is 24.8 Å². The number of carbonyl (C=O) groups excluding carboxylic acids is 1. The molecule has 0 atom stereocenters. The molecule has 0 unspecified atom stereocenters. The largest absolute Gasteiger partial charge is 0.349 e. The Hall–Kier alpha value is -1.89. The summed E-state index contributed by atoms with van der Waals surface area (Å²) in [5, 5.41) is 13.3. The zero-order valence-electron chi connectivity index (χ0n) is 10.2. The van der Waals surface area contributed by atoms with Crippen molar-refractivity contribution in [2.24, 2.45) is 12.8 Å². The van der Waals surface area contributed by atoms with E-state index < -0.39 is 4.92 Å². The number of hydrogen-bond acceptors (Lipinski definition) is 4. The average molecular weight is 252 g/mol. The summed E-state index contributed by atoms with van der Waals surface area (Å²) in [6.07, 6.45) is 4.21. The van der Waals surface area contributed by atoms with Gasteiger partial charge in [-0.2, -0.15) is 0 Å². The van der Waals surface area contributed by atoms with E-state index in [1.54, 1.807) is 7.05 Å². The molecule has 1 saturated carbocycles. The van der Waals surface area contributed by atoms with Crippen molar-refractivity contribution in [2.75, 3.05) is 6.54 Å². The van der Waals surface area contributed by atoms with Crippen LogP contribution in [-0.4, -0.2) is 27.5 Å². The molecule has 18 heavy (non-hydrogen) atoms. The minimum absolute atomic E-state index is 0.0891. The Morgan fingerprint density at radius 1 is 1.67 bits per heavy atom. The van der Waals surface area contributed by atoms with Gasteiger partial charge in [0.2, 0.25) is 0 Å². The Kier molecular flexibility index (Phi) is 3.08. The lowest BCUT2D eigenvalue weighted by Crippen LogP contribution is -2.55. The number of nitro groups is 1.